The van der Waals surface area contributed by atoms with Crippen LogP contribution in [-0.2, 0) is 4.79 Å². The molecule has 6 heteroatoms. The standard InChI is InChI=1S/C8H7F3N2O/c1-6(14)12(10)13(11)8-5-3-2-4-7(8)9/h2-5H,1H3. The van der Waals surface area contributed by atoms with Gasteiger partial charge in [-0.05, 0) is 12.1 Å². The lowest BCUT2D eigenvalue weighted by Gasteiger charge is -2.18. The predicted octanol–water partition coefficient (Wildman–Crippen LogP) is 2.16. The average molecular weight is 204 g/mol. The molecule has 0 spiro atoms. The van der Waals surface area contributed by atoms with Crippen LogP contribution in [0.25, 0.3) is 0 Å². The maximum absolute atomic E-state index is 13.0. The molecule has 0 unspecified atom stereocenters. The van der Waals surface area contributed by atoms with Crippen LogP contribution >= 0.6 is 0 Å². The molecule has 0 radical (unpaired) electrons. The fourth-order valence-electron chi connectivity index (χ4n) is 0.820. The van der Waals surface area contributed by atoms with Gasteiger partial charge in [0.05, 0.1) is 0 Å². The first kappa shape index (κ1) is 10.4. The van der Waals surface area contributed by atoms with Gasteiger partial charge in [-0.25, -0.2) is 4.39 Å². The molecule has 0 N–H and O–H groups in total. The number of anilines is 1. The van der Waals surface area contributed by atoms with Gasteiger partial charge in [0.25, 0.3) is 5.91 Å². The maximum Gasteiger partial charge on any atom is 0.271 e. The fraction of sp³-hybridized carbons (Fsp3) is 0.125. The van der Waals surface area contributed by atoms with Crippen LogP contribution in [0, 0.1) is 5.82 Å². The molecule has 76 valence electrons. The summed E-state index contributed by atoms with van der Waals surface area (Å²) in [5.74, 6) is -2.14. The number of hydrogen-bond acceptors (Lipinski definition) is 2. The second-order valence-corrected chi connectivity index (χ2v) is 2.49. The minimum absolute atomic E-state index is 0.662. The number of para-hydroxylation sites is 1. The molecule has 14 heavy (non-hydrogen) atoms. The lowest BCUT2D eigenvalue weighted by Crippen LogP contribution is -2.34. The SMILES string of the molecule is CC(=O)N(F)N(F)c1ccccc1F. The van der Waals surface area contributed by atoms with Gasteiger partial charge in [0, 0.05) is 6.92 Å². The van der Waals surface area contributed by atoms with Crippen LogP contribution in [0.1, 0.15) is 6.92 Å². The summed E-state index contributed by atoms with van der Waals surface area (Å²) in [5, 5.41) is -1.52. The van der Waals surface area contributed by atoms with Crippen molar-refractivity contribution in [3.05, 3.63) is 30.1 Å². The first-order valence-electron chi connectivity index (χ1n) is 3.71. The van der Waals surface area contributed by atoms with E-state index in [2.05, 4.69) is 0 Å². The van der Waals surface area contributed by atoms with Crippen LogP contribution in [0.15, 0.2) is 24.3 Å². The highest BCUT2D eigenvalue weighted by Gasteiger charge is 2.21. The Morgan fingerprint density at radius 2 is 1.86 bits per heavy atom. The smallest absolute Gasteiger partial charge is 0.270 e. The lowest BCUT2D eigenvalue weighted by molar-refractivity contribution is -0.151. The predicted molar refractivity (Wildman–Crippen MR) is 43.6 cm³/mol. The molecule has 0 aliphatic rings. The molecule has 0 aromatic heterocycles. The molecular weight excluding hydrogens is 197 g/mol. The largest absolute Gasteiger partial charge is 0.271 e. The fourth-order valence-corrected chi connectivity index (χ4v) is 0.820. The quantitative estimate of drug-likeness (QED) is 0.544. The molecule has 0 saturated heterocycles. The Bertz CT molecular complexity index is 345. The third-order valence-electron chi connectivity index (χ3n) is 1.47. The van der Waals surface area contributed by atoms with Crippen molar-refractivity contribution in [1.82, 2.24) is 5.23 Å². The molecule has 3 nitrogen and oxygen atoms in total. The summed E-state index contributed by atoms with van der Waals surface area (Å²) >= 11 is 0. The van der Waals surface area contributed by atoms with Crippen LogP contribution in [0.2, 0.25) is 0 Å². The summed E-state index contributed by atoms with van der Waals surface area (Å²) in [7, 11) is 0. The van der Waals surface area contributed by atoms with E-state index in [4.69, 9.17) is 0 Å². The molecule has 0 aliphatic carbocycles. The van der Waals surface area contributed by atoms with E-state index >= 15 is 0 Å². The number of halogens is 3. The normalized spacial score (nSPS) is 9.71. The monoisotopic (exact) mass is 204 g/mol. The highest BCUT2D eigenvalue weighted by molar-refractivity contribution is 5.73. The van der Waals surface area contributed by atoms with Crippen molar-refractivity contribution in [2.45, 2.75) is 6.92 Å². The Balaban J connectivity index is 2.94. The topological polar surface area (TPSA) is 23.6 Å². The van der Waals surface area contributed by atoms with Crippen molar-refractivity contribution in [1.29, 1.82) is 0 Å². The number of carbonyl (C=O) groups excluding carboxylic acids is 1. The molecule has 0 aliphatic heterocycles. The molecule has 0 fully saturated rings. The Labute approximate surface area is 78.2 Å². The van der Waals surface area contributed by atoms with Crippen molar-refractivity contribution < 1.29 is 18.1 Å². The van der Waals surface area contributed by atoms with Crippen LogP contribution in [0.5, 0.6) is 0 Å². The van der Waals surface area contributed by atoms with Crippen molar-refractivity contribution >= 4 is 11.6 Å². The maximum atomic E-state index is 13.0. The van der Waals surface area contributed by atoms with Gasteiger partial charge in [-0.15, -0.1) is 0 Å². The van der Waals surface area contributed by atoms with Crippen LogP contribution < -0.4 is 5.23 Å². The lowest BCUT2D eigenvalue weighted by atomic mass is 10.3. The van der Waals surface area contributed by atoms with Gasteiger partial charge in [0.1, 0.15) is 5.69 Å². The highest BCUT2D eigenvalue weighted by Crippen LogP contribution is 2.21. The minimum Gasteiger partial charge on any atom is -0.270 e. The second kappa shape index (κ2) is 3.99. The average Bonchev–Trinajstić information content (AvgIpc) is 2.16. The van der Waals surface area contributed by atoms with Gasteiger partial charge in [-0.2, -0.15) is 0 Å². The van der Waals surface area contributed by atoms with E-state index < -0.39 is 27.9 Å². The van der Waals surface area contributed by atoms with E-state index in [1.807, 2.05) is 0 Å². The Morgan fingerprint density at radius 1 is 1.29 bits per heavy atom. The van der Waals surface area contributed by atoms with Gasteiger partial charge in [-0.3, -0.25) is 4.79 Å². The first-order valence-corrected chi connectivity index (χ1v) is 3.71. The van der Waals surface area contributed by atoms with Gasteiger partial charge in [0.2, 0.25) is 0 Å². The number of hydrogen-bond donors (Lipinski definition) is 0. The number of benzene rings is 1. The van der Waals surface area contributed by atoms with Crippen molar-refractivity contribution in [3.8, 4) is 0 Å². The van der Waals surface area contributed by atoms with E-state index in [0.29, 0.717) is 0 Å². The second-order valence-electron chi connectivity index (χ2n) is 2.49. The Kier molecular flexibility index (Phi) is 2.95. The number of nitrogens with zero attached hydrogens (tertiary/aromatic N) is 2. The summed E-state index contributed by atoms with van der Waals surface area (Å²) in [6, 6.07) is 4.60. The summed E-state index contributed by atoms with van der Waals surface area (Å²) in [6.45, 7) is 0.813. The number of carbonyl (C=O) groups is 1. The highest BCUT2D eigenvalue weighted by atomic mass is 19.2. The third kappa shape index (κ3) is 1.95. The third-order valence-corrected chi connectivity index (χ3v) is 1.47. The molecule has 1 rings (SSSR count). The van der Waals surface area contributed by atoms with E-state index in [1.165, 1.54) is 12.1 Å². The zero-order chi connectivity index (χ0) is 10.7. The van der Waals surface area contributed by atoms with E-state index in [9.17, 15) is 18.1 Å². The Morgan fingerprint density at radius 3 is 2.36 bits per heavy atom. The zero-order valence-corrected chi connectivity index (χ0v) is 7.25. The van der Waals surface area contributed by atoms with Crippen molar-refractivity contribution in [3.63, 3.8) is 0 Å². The molecule has 0 heterocycles. The summed E-state index contributed by atoms with van der Waals surface area (Å²) in [5.41, 5.74) is -0.662. The van der Waals surface area contributed by atoms with Gasteiger partial charge in [0.15, 0.2) is 5.82 Å². The van der Waals surface area contributed by atoms with Gasteiger partial charge >= 0.3 is 0 Å². The van der Waals surface area contributed by atoms with E-state index in [-0.39, 0.29) is 0 Å². The number of hydrazine groups is 1. The first-order chi connectivity index (χ1) is 6.54. The molecule has 1 amide bonds. The number of amides is 1. The van der Waals surface area contributed by atoms with Crippen LogP contribution in [0.4, 0.5) is 19.0 Å². The summed E-state index contributed by atoms with van der Waals surface area (Å²) in [6.07, 6.45) is 0. The molecule has 1 aromatic rings. The van der Waals surface area contributed by atoms with Crippen LogP contribution in [-0.4, -0.2) is 11.1 Å². The van der Waals surface area contributed by atoms with E-state index in [1.54, 1.807) is 0 Å². The van der Waals surface area contributed by atoms with Gasteiger partial charge in [-0.1, -0.05) is 31.6 Å². The molecule has 0 atom stereocenters. The minimum atomic E-state index is -1.18. The van der Waals surface area contributed by atoms with Crippen molar-refractivity contribution in [2.75, 3.05) is 5.23 Å². The summed E-state index contributed by atoms with van der Waals surface area (Å²) < 4.78 is 38.5. The van der Waals surface area contributed by atoms with Crippen LogP contribution in [0.3, 0.4) is 0 Å². The molecule has 0 bridgehead atoms. The summed E-state index contributed by atoms with van der Waals surface area (Å²) in [4.78, 5) is 10.4. The molecule has 0 saturated carbocycles. The van der Waals surface area contributed by atoms with Gasteiger partial charge < -0.3 is 0 Å². The Hall–Kier alpha value is -1.72. The molecule has 1 aromatic carbocycles. The zero-order valence-electron chi connectivity index (χ0n) is 7.25. The van der Waals surface area contributed by atoms with Crippen molar-refractivity contribution in [2.24, 2.45) is 0 Å². The number of rotatable bonds is 2. The molecular formula is C8H7F3N2O. The van der Waals surface area contributed by atoms with E-state index in [0.717, 1.165) is 19.1 Å².